The van der Waals surface area contributed by atoms with Gasteiger partial charge in [0.1, 0.15) is 23.8 Å². The Labute approximate surface area is 160 Å². The van der Waals surface area contributed by atoms with Gasteiger partial charge >= 0.3 is 0 Å². The standard InChI is InChI=1S/C19H18N4O5/c1-13-7-8-20-22(13)12-19(24)21-14-9-15(23(25)26)11-18(10-14)28-17-5-3-16(27-2)4-6-17/h3-11H,12H2,1-2H3,(H,21,24). The van der Waals surface area contributed by atoms with Crippen LogP contribution in [0.3, 0.4) is 0 Å². The first-order chi connectivity index (χ1) is 13.4. The van der Waals surface area contributed by atoms with E-state index in [9.17, 15) is 14.9 Å². The zero-order valence-electron chi connectivity index (χ0n) is 15.3. The van der Waals surface area contributed by atoms with Crippen LogP contribution in [0, 0.1) is 17.0 Å². The molecule has 1 N–H and O–H groups in total. The van der Waals surface area contributed by atoms with Crippen molar-refractivity contribution in [2.24, 2.45) is 0 Å². The fourth-order valence-electron chi connectivity index (χ4n) is 2.50. The third-order valence-corrected chi connectivity index (χ3v) is 3.90. The Kier molecular flexibility index (Phi) is 5.54. The van der Waals surface area contributed by atoms with Crippen molar-refractivity contribution in [3.8, 4) is 17.2 Å². The van der Waals surface area contributed by atoms with Gasteiger partial charge in [-0.15, -0.1) is 0 Å². The second kappa shape index (κ2) is 8.21. The molecular formula is C19H18N4O5. The SMILES string of the molecule is COc1ccc(Oc2cc(NC(=O)Cn3nccc3C)cc([N+](=O)[O-])c2)cc1. The summed E-state index contributed by atoms with van der Waals surface area (Å²) in [5, 5.41) is 17.9. The summed E-state index contributed by atoms with van der Waals surface area (Å²) in [6.45, 7) is 1.82. The number of nitro benzene ring substituents is 1. The van der Waals surface area contributed by atoms with Gasteiger partial charge in [-0.05, 0) is 37.3 Å². The molecule has 0 atom stereocenters. The van der Waals surface area contributed by atoms with Gasteiger partial charge in [-0.2, -0.15) is 5.10 Å². The Morgan fingerprint density at radius 2 is 1.86 bits per heavy atom. The molecule has 0 radical (unpaired) electrons. The highest BCUT2D eigenvalue weighted by molar-refractivity contribution is 5.91. The van der Waals surface area contributed by atoms with Crippen LogP contribution in [0.2, 0.25) is 0 Å². The van der Waals surface area contributed by atoms with Crippen LogP contribution in [0.1, 0.15) is 5.69 Å². The van der Waals surface area contributed by atoms with Crippen LogP contribution in [0.25, 0.3) is 0 Å². The molecule has 1 amide bonds. The molecule has 2 aromatic carbocycles. The number of anilines is 1. The number of carbonyl (C=O) groups is 1. The van der Waals surface area contributed by atoms with Crippen molar-refractivity contribution in [1.29, 1.82) is 0 Å². The Morgan fingerprint density at radius 1 is 1.14 bits per heavy atom. The van der Waals surface area contributed by atoms with Gasteiger partial charge in [-0.3, -0.25) is 19.6 Å². The Morgan fingerprint density at radius 3 is 2.46 bits per heavy atom. The molecule has 0 aliphatic rings. The van der Waals surface area contributed by atoms with E-state index in [4.69, 9.17) is 9.47 Å². The van der Waals surface area contributed by atoms with Crippen LogP contribution in [-0.2, 0) is 11.3 Å². The molecule has 0 saturated heterocycles. The monoisotopic (exact) mass is 382 g/mol. The molecule has 3 aromatic rings. The van der Waals surface area contributed by atoms with Crippen molar-refractivity contribution in [3.63, 3.8) is 0 Å². The summed E-state index contributed by atoms with van der Waals surface area (Å²) in [4.78, 5) is 22.9. The van der Waals surface area contributed by atoms with Gasteiger partial charge in [0.05, 0.1) is 23.8 Å². The number of nitro groups is 1. The molecule has 0 aliphatic carbocycles. The fourth-order valence-corrected chi connectivity index (χ4v) is 2.50. The van der Waals surface area contributed by atoms with Crippen molar-refractivity contribution < 1.29 is 19.2 Å². The second-order valence-corrected chi connectivity index (χ2v) is 5.93. The largest absolute Gasteiger partial charge is 0.497 e. The number of nitrogens with zero attached hydrogens (tertiary/aromatic N) is 3. The number of nitrogens with one attached hydrogen (secondary N) is 1. The molecule has 1 aromatic heterocycles. The normalized spacial score (nSPS) is 10.4. The molecule has 9 nitrogen and oxygen atoms in total. The van der Waals surface area contributed by atoms with E-state index in [0.717, 1.165) is 5.69 Å². The third kappa shape index (κ3) is 4.64. The van der Waals surface area contributed by atoms with Gasteiger partial charge in [0.25, 0.3) is 5.69 Å². The summed E-state index contributed by atoms with van der Waals surface area (Å²) in [7, 11) is 1.55. The highest BCUT2D eigenvalue weighted by atomic mass is 16.6. The van der Waals surface area contributed by atoms with E-state index in [-0.39, 0.29) is 29.6 Å². The highest BCUT2D eigenvalue weighted by Gasteiger charge is 2.14. The minimum absolute atomic E-state index is 0.00377. The van der Waals surface area contributed by atoms with E-state index in [0.29, 0.717) is 11.5 Å². The molecule has 28 heavy (non-hydrogen) atoms. The predicted octanol–water partition coefficient (Wildman–Crippen LogP) is 3.54. The lowest BCUT2D eigenvalue weighted by molar-refractivity contribution is -0.384. The minimum atomic E-state index is -0.547. The van der Waals surface area contributed by atoms with E-state index in [2.05, 4.69) is 10.4 Å². The van der Waals surface area contributed by atoms with Gasteiger partial charge < -0.3 is 14.8 Å². The zero-order valence-corrected chi connectivity index (χ0v) is 15.3. The molecule has 0 spiro atoms. The van der Waals surface area contributed by atoms with Gasteiger partial charge in [-0.1, -0.05) is 0 Å². The second-order valence-electron chi connectivity index (χ2n) is 5.93. The maximum atomic E-state index is 12.3. The number of hydrogen-bond donors (Lipinski definition) is 1. The van der Waals surface area contributed by atoms with Gasteiger partial charge in [0.2, 0.25) is 5.91 Å². The van der Waals surface area contributed by atoms with Crippen molar-refractivity contribution >= 4 is 17.3 Å². The number of non-ortho nitro benzene ring substituents is 1. The summed E-state index contributed by atoms with van der Waals surface area (Å²) in [5.74, 6) is 1.01. The maximum absolute atomic E-state index is 12.3. The first-order valence-corrected chi connectivity index (χ1v) is 8.34. The fraction of sp³-hybridized carbons (Fsp3) is 0.158. The summed E-state index contributed by atoms with van der Waals surface area (Å²) >= 11 is 0. The minimum Gasteiger partial charge on any atom is -0.497 e. The summed E-state index contributed by atoms with van der Waals surface area (Å²) in [6.07, 6.45) is 1.59. The first kappa shape index (κ1) is 18.9. The van der Waals surface area contributed by atoms with Crippen LogP contribution < -0.4 is 14.8 Å². The van der Waals surface area contributed by atoms with E-state index in [1.807, 2.05) is 6.92 Å². The zero-order chi connectivity index (χ0) is 20.1. The Bertz CT molecular complexity index is 998. The number of ether oxygens (including phenoxy) is 2. The average Bonchev–Trinajstić information content (AvgIpc) is 3.06. The number of amides is 1. The van der Waals surface area contributed by atoms with Crippen LogP contribution in [-0.4, -0.2) is 27.7 Å². The number of aryl methyl sites for hydroxylation is 1. The molecule has 9 heteroatoms. The number of hydrogen-bond acceptors (Lipinski definition) is 6. The van der Waals surface area contributed by atoms with Crippen LogP contribution in [0.4, 0.5) is 11.4 Å². The number of rotatable bonds is 7. The van der Waals surface area contributed by atoms with Crippen molar-refractivity contribution in [1.82, 2.24) is 9.78 Å². The lowest BCUT2D eigenvalue weighted by atomic mass is 10.2. The predicted molar refractivity (Wildman–Crippen MR) is 102 cm³/mol. The van der Waals surface area contributed by atoms with E-state index in [1.165, 1.54) is 22.9 Å². The molecule has 0 aliphatic heterocycles. The molecule has 144 valence electrons. The van der Waals surface area contributed by atoms with Gasteiger partial charge in [0, 0.05) is 24.0 Å². The van der Waals surface area contributed by atoms with Crippen LogP contribution >= 0.6 is 0 Å². The molecule has 3 rings (SSSR count). The highest BCUT2D eigenvalue weighted by Crippen LogP contribution is 2.30. The topological polar surface area (TPSA) is 109 Å². The Balaban J connectivity index is 1.79. The number of benzene rings is 2. The molecular weight excluding hydrogens is 364 g/mol. The summed E-state index contributed by atoms with van der Waals surface area (Å²) in [5.41, 5.74) is 0.891. The molecule has 0 saturated carbocycles. The van der Waals surface area contributed by atoms with Crippen molar-refractivity contribution in [3.05, 3.63) is 70.5 Å². The van der Waals surface area contributed by atoms with E-state index >= 15 is 0 Å². The molecule has 0 bridgehead atoms. The summed E-state index contributed by atoms with van der Waals surface area (Å²) in [6, 6.07) is 12.6. The average molecular weight is 382 g/mol. The smallest absolute Gasteiger partial charge is 0.275 e. The van der Waals surface area contributed by atoms with Crippen molar-refractivity contribution in [2.75, 3.05) is 12.4 Å². The molecule has 0 fully saturated rings. The van der Waals surface area contributed by atoms with Gasteiger partial charge in [0.15, 0.2) is 0 Å². The van der Waals surface area contributed by atoms with Crippen LogP contribution in [0.15, 0.2) is 54.7 Å². The molecule has 1 heterocycles. The maximum Gasteiger partial charge on any atom is 0.275 e. The number of carbonyl (C=O) groups excluding carboxylic acids is 1. The number of aromatic nitrogens is 2. The third-order valence-electron chi connectivity index (χ3n) is 3.90. The Hall–Kier alpha value is -3.88. The van der Waals surface area contributed by atoms with Gasteiger partial charge in [-0.25, -0.2) is 0 Å². The van der Waals surface area contributed by atoms with E-state index in [1.54, 1.807) is 43.6 Å². The quantitative estimate of drug-likeness (QED) is 0.494. The first-order valence-electron chi connectivity index (χ1n) is 8.34. The summed E-state index contributed by atoms with van der Waals surface area (Å²) < 4.78 is 12.3. The van der Waals surface area contributed by atoms with Crippen LogP contribution in [0.5, 0.6) is 17.2 Å². The lowest BCUT2D eigenvalue weighted by Crippen LogP contribution is -2.20. The number of methoxy groups -OCH3 is 1. The molecule has 0 unspecified atom stereocenters. The van der Waals surface area contributed by atoms with E-state index < -0.39 is 4.92 Å². The lowest BCUT2D eigenvalue weighted by Gasteiger charge is -2.10. The van der Waals surface area contributed by atoms with Crippen molar-refractivity contribution in [2.45, 2.75) is 13.5 Å².